The summed E-state index contributed by atoms with van der Waals surface area (Å²) in [4.78, 5) is 28.5. The number of pyridine rings is 1. The van der Waals surface area contributed by atoms with Crippen molar-refractivity contribution in [2.75, 3.05) is 0 Å². The lowest BCUT2D eigenvalue weighted by Crippen LogP contribution is -2.20. The van der Waals surface area contributed by atoms with Gasteiger partial charge >= 0.3 is 0 Å². The molecule has 1 atom stereocenters. The van der Waals surface area contributed by atoms with Gasteiger partial charge in [-0.2, -0.15) is 0 Å². The van der Waals surface area contributed by atoms with Crippen LogP contribution in [0.4, 0.5) is 0 Å². The van der Waals surface area contributed by atoms with Crippen molar-refractivity contribution in [2.45, 2.75) is 6.42 Å². The average molecular weight is 316 g/mol. The zero-order chi connectivity index (χ0) is 13.4. The van der Waals surface area contributed by atoms with E-state index in [2.05, 4.69) is 20.9 Å². The Labute approximate surface area is 118 Å². The predicted molar refractivity (Wildman–Crippen MR) is 74.2 cm³/mol. The summed E-state index contributed by atoms with van der Waals surface area (Å²) in [7, 11) is 0. The van der Waals surface area contributed by atoms with Crippen molar-refractivity contribution in [1.82, 2.24) is 4.98 Å². The maximum absolute atomic E-state index is 12.3. The molecule has 0 spiro atoms. The van der Waals surface area contributed by atoms with Gasteiger partial charge in [0.15, 0.2) is 11.6 Å². The molecule has 3 rings (SSSR count). The van der Waals surface area contributed by atoms with Gasteiger partial charge in [0.1, 0.15) is 0 Å². The average Bonchev–Trinajstić information content (AvgIpc) is 2.75. The van der Waals surface area contributed by atoms with Gasteiger partial charge in [-0.3, -0.25) is 14.6 Å². The molecule has 1 aromatic carbocycles. The molecule has 2 aromatic rings. The monoisotopic (exact) mass is 315 g/mol. The maximum Gasteiger partial charge on any atom is 0.175 e. The van der Waals surface area contributed by atoms with Crippen molar-refractivity contribution in [1.29, 1.82) is 0 Å². The fourth-order valence-corrected chi connectivity index (χ4v) is 2.80. The van der Waals surface area contributed by atoms with E-state index in [1.165, 1.54) is 6.20 Å². The number of Topliss-reactive ketones (excluding diaryl/α,β-unsaturated/α-hetero) is 2. The Balaban J connectivity index is 1.94. The number of hydrogen-bond donors (Lipinski definition) is 0. The summed E-state index contributed by atoms with van der Waals surface area (Å²) in [6.45, 7) is 0. The molecule has 0 N–H and O–H groups in total. The van der Waals surface area contributed by atoms with Gasteiger partial charge in [-0.1, -0.05) is 15.9 Å². The van der Waals surface area contributed by atoms with Crippen LogP contribution in [0.25, 0.3) is 0 Å². The summed E-state index contributed by atoms with van der Waals surface area (Å²) in [6.07, 6.45) is 3.59. The lowest BCUT2D eigenvalue weighted by Gasteiger charge is -2.05. The van der Waals surface area contributed by atoms with Crippen molar-refractivity contribution in [3.63, 3.8) is 0 Å². The van der Waals surface area contributed by atoms with E-state index in [0.29, 0.717) is 17.5 Å². The van der Waals surface area contributed by atoms with Crippen LogP contribution in [0.5, 0.6) is 0 Å². The molecule has 94 valence electrons. The second-order valence-corrected chi connectivity index (χ2v) is 5.44. The molecule has 1 aromatic heterocycles. The number of benzene rings is 1. The van der Waals surface area contributed by atoms with Crippen molar-refractivity contribution in [2.24, 2.45) is 5.92 Å². The summed E-state index contributed by atoms with van der Waals surface area (Å²) in [5, 5.41) is 0. The number of ketones is 2. The molecular weight excluding hydrogens is 306 g/mol. The zero-order valence-electron chi connectivity index (χ0n) is 9.97. The molecule has 1 aliphatic carbocycles. The van der Waals surface area contributed by atoms with E-state index < -0.39 is 5.92 Å². The normalized spacial score (nSPS) is 17.3. The Bertz CT molecular complexity index is 667. The quantitative estimate of drug-likeness (QED) is 0.632. The van der Waals surface area contributed by atoms with Crippen LogP contribution >= 0.6 is 15.9 Å². The van der Waals surface area contributed by atoms with Crippen LogP contribution in [0.15, 0.2) is 47.2 Å². The van der Waals surface area contributed by atoms with Crippen molar-refractivity contribution in [3.05, 3.63) is 63.9 Å². The lowest BCUT2D eigenvalue weighted by atomic mass is 9.95. The minimum atomic E-state index is -0.603. The number of aromatic nitrogens is 1. The molecule has 19 heavy (non-hydrogen) atoms. The van der Waals surface area contributed by atoms with Gasteiger partial charge in [0.05, 0.1) is 5.92 Å². The highest BCUT2D eigenvalue weighted by molar-refractivity contribution is 9.10. The van der Waals surface area contributed by atoms with Gasteiger partial charge in [-0.25, -0.2) is 0 Å². The summed E-state index contributed by atoms with van der Waals surface area (Å²) >= 11 is 3.38. The summed E-state index contributed by atoms with van der Waals surface area (Å²) in [5.41, 5.74) is 2.08. The van der Waals surface area contributed by atoms with Gasteiger partial charge in [0.25, 0.3) is 0 Å². The lowest BCUT2D eigenvalue weighted by molar-refractivity contribution is 0.0822. The van der Waals surface area contributed by atoms with Gasteiger partial charge in [0, 0.05) is 28.0 Å². The fraction of sp³-hybridized carbons (Fsp3) is 0.133. The van der Waals surface area contributed by atoms with Crippen LogP contribution in [-0.4, -0.2) is 16.6 Å². The maximum atomic E-state index is 12.3. The van der Waals surface area contributed by atoms with Crippen molar-refractivity contribution >= 4 is 27.5 Å². The first-order valence-electron chi connectivity index (χ1n) is 5.93. The number of carbonyl (C=O) groups excluding carboxylic acids is 2. The first-order valence-corrected chi connectivity index (χ1v) is 6.73. The van der Waals surface area contributed by atoms with E-state index in [0.717, 1.165) is 10.0 Å². The van der Waals surface area contributed by atoms with Gasteiger partial charge < -0.3 is 0 Å². The highest BCUT2D eigenvalue weighted by atomic mass is 79.9. The van der Waals surface area contributed by atoms with E-state index in [1.807, 2.05) is 12.1 Å². The Morgan fingerprint density at radius 3 is 2.89 bits per heavy atom. The smallest absolute Gasteiger partial charge is 0.175 e. The third kappa shape index (κ3) is 2.12. The van der Waals surface area contributed by atoms with Gasteiger partial charge in [0.2, 0.25) is 0 Å². The number of rotatable bonds is 2. The Morgan fingerprint density at radius 2 is 2.16 bits per heavy atom. The minimum absolute atomic E-state index is 0.0867. The molecule has 0 fully saturated rings. The van der Waals surface area contributed by atoms with Gasteiger partial charge in [-0.15, -0.1) is 0 Å². The van der Waals surface area contributed by atoms with E-state index in [9.17, 15) is 9.59 Å². The predicted octanol–water partition coefficient (Wildman–Crippen LogP) is 3.08. The molecule has 1 heterocycles. The zero-order valence-corrected chi connectivity index (χ0v) is 11.6. The highest BCUT2D eigenvalue weighted by Crippen LogP contribution is 2.31. The second-order valence-electron chi connectivity index (χ2n) is 4.53. The van der Waals surface area contributed by atoms with Crippen molar-refractivity contribution in [3.8, 4) is 0 Å². The van der Waals surface area contributed by atoms with E-state index in [1.54, 1.807) is 24.4 Å². The third-order valence-electron chi connectivity index (χ3n) is 3.34. The van der Waals surface area contributed by atoms with Crippen LogP contribution < -0.4 is 0 Å². The SMILES string of the molecule is O=C(c1cccnc1)C1Cc2cc(Br)ccc2C1=O. The summed E-state index contributed by atoms with van der Waals surface area (Å²) < 4.78 is 0.925. The topological polar surface area (TPSA) is 47.0 Å². The largest absolute Gasteiger partial charge is 0.293 e. The molecule has 1 aliphatic rings. The van der Waals surface area contributed by atoms with Gasteiger partial charge in [-0.05, 0) is 42.3 Å². The summed E-state index contributed by atoms with van der Waals surface area (Å²) in [5.74, 6) is -0.838. The van der Waals surface area contributed by atoms with Crippen molar-refractivity contribution < 1.29 is 9.59 Å². The van der Waals surface area contributed by atoms with Crippen LogP contribution in [0, 0.1) is 5.92 Å². The van der Waals surface area contributed by atoms with E-state index >= 15 is 0 Å². The summed E-state index contributed by atoms with van der Waals surface area (Å²) in [6, 6.07) is 8.91. The molecule has 0 aliphatic heterocycles. The Kier molecular flexibility index (Phi) is 3.03. The fourth-order valence-electron chi connectivity index (χ4n) is 2.39. The molecule has 0 amide bonds. The van der Waals surface area contributed by atoms with Crippen LogP contribution in [0.1, 0.15) is 26.3 Å². The molecule has 3 nitrogen and oxygen atoms in total. The van der Waals surface area contributed by atoms with E-state index in [-0.39, 0.29) is 11.6 Å². The van der Waals surface area contributed by atoms with Crippen LogP contribution in [0.3, 0.4) is 0 Å². The molecule has 0 bridgehead atoms. The number of fused-ring (bicyclic) bond motifs is 1. The standard InChI is InChI=1S/C15H10BrNO2/c16-11-3-4-12-10(6-11)7-13(15(12)19)14(18)9-2-1-5-17-8-9/h1-6,8,13H,7H2. The molecule has 0 radical (unpaired) electrons. The van der Waals surface area contributed by atoms with E-state index in [4.69, 9.17) is 0 Å². The first-order chi connectivity index (χ1) is 9.16. The molecule has 1 unspecified atom stereocenters. The molecule has 0 saturated carbocycles. The second kappa shape index (κ2) is 4.70. The van der Waals surface area contributed by atoms with Crippen LogP contribution in [0.2, 0.25) is 0 Å². The van der Waals surface area contributed by atoms with Crippen LogP contribution in [-0.2, 0) is 6.42 Å². The number of halogens is 1. The minimum Gasteiger partial charge on any atom is -0.293 e. The highest BCUT2D eigenvalue weighted by Gasteiger charge is 2.36. The number of hydrogen-bond acceptors (Lipinski definition) is 3. The molecule has 4 heteroatoms. The first kappa shape index (κ1) is 12.2. The Hall–Kier alpha value is -1.81. The third-order valence-corrected chi connectivity index (χ3v) is 3.83. The molecule has 0 saturated heterocycles. The molecular formula is C15H10BrNO2. The number of nitrogens with zero attached hydrogens (tertiary/aromatic N) is 1. The number of carbonyl (C=O) groups is 2. The Morgan fingerprint density at radius 1 is 1.32 bits per heavy atom.